The predicted molar refractivity (Wildman–Crippen MR) is 46.1 cm³/mol. The van der Waals surface area contributed by atoms with Crippen molar-refractivity contribution in [2.24, 2.45) is 23.7 Å². The summed E-state index contributed by atoms with van der Waals surface area (Å²) >= 11 is 0. The molecule has 0 unspecified atom stereocenters. The molecule has 3 heteroatoms. The Morgan fingerprint density at radius 3 is 2.23 bits per heavy atom. The number of fused-ring (bicyclic) bond motifs is 1. The second-order valence-corrected chi connectivity index (χ2v) is 4.18. The van der Waals surface area contributed by atoms with Crippen LogP contribution in [0.2, 0.25) is 0 Å². The number of carbonyl (C=O) groups excluding carboxylic acids is 1. The van der Waals surface area contributed by atoms with Gasteiger partial charge >= 0.3 is 5.97 Å². The van der Waals surface area contributed by atoms with E-state index in [2.05, 4.69) is 0 Å². The summed E-state index contributed by atoms with van der Waals surface area (Å²) in [5, 5.41) is 8.75. The summed E-state index contributed by atoms with van der Waals surface area (Å²) in [5.74, 6) is 0.521. The summed E-state index contributed by atoms with van der Waals surface area (Å²) in [4.78, 5) is 21.9. The van der Waals surface area contributed by atoms with E-state index in [0.29, 0.717) is 24.0 Å². The van der Waals surface area contributed by atoms with Gasteiger partial charge in [-0.05, 0) is 24.7 Å². The molecule has 0 aromatic heterocycles. The monoisotopic (exact) mass is 182 g/mol. The van der Waals surface area contributed by atoms with Crippen molar-refractivity contribution < 1.29 is 14.7 Å². The average Bonchev–Trinajstić information content (AvgIpc) is 2.58. The smallest absolute Gasteiger partial charge is 0.306 e. The normalized spacial score (nSPS) is 41.3. The SMILES string of the molecule is CCC(=O)[C@H]1[C@@H]2C[C@H](C(=O)O)C[C@@H]21. The minimum Gasteiger partial charge on any atom is -0.481 e. The van der Waals surface area contributed by atoms with E-state index in [0.717, 1.165) is 12.8 Å². The van der Waals surface area contributed by atoms with Crippen molar-refractivity contribution in [1.29, 1.82) is 0 Å². The van der Waals surface area contributed by atoms with Gasteiger partial charge in [-0.15, -0.1) is 0 Å². The molecule has 0 spiro atoms. The zero-order valence-corrected chi connectivity index (χ0v) is 7.69. The number of Topliss-reactive ketones (excluding diaryl/α,β-unsaturated/α-hetero) is 1. The van der Waals surface area contributed by atoms with Crippen LogP contribution in [0.1, 0.15) is 26.2 Å². The lowest BCUT2D eigenvalue weighted by molar-refractivity contribution is -0.142. The molecule has 2 rings (SSSR count). The van der Waals surface area contributed by atoms with Crippen LogP contribution in [0.25, 0.3) is 0 Å². The van der Waals surface area contributed by atoms with Gasteiger partial charge in [-0.1, -0.05) is 6.92 Å². The summed E-state index contributed by atoms with van der Waals surface area (Å²) in [6, 6.07) is 0. The van der Waals surface area contributed by atoms with E-state index >= 15 is 0 Å². The number of hydrogen-bond donors (Lipinski definition) is 1. The summed E-state index contributed by atoms with van der Waals surface area (Å²) < 4.78 is 0. The first-order chi connectivity index (χ1) is 6.15. The van der Waals surface area contributed by atoms with Crippen LogP contribution in [-0.2, 0) is 9.59 Å². The van der Waals surface area contributed by atoms with Crippen LogP contribution in [0.15, 0.2) is 0 Å². The van der Waals surface area contributed by atoms with Crippen molar-refractivity contribution in [1.82, 2.24) is 0 Å². The standard InChI is InChI=1S/C10H14O3/c1-2-8(11)9-6-3-5(10(12)13)4-7(6)9/h5-7,9H,2-4H2,1H3,(H,12,13)/t5-,6+,7-,9-. The Morgan fingerprint density at radius 2 is 1.85 bits per heavy atom. The van der Waals surface area contributed by atoms with E-state index in [1.807, 2.05) is 6.92 Å². The van der Waals surface area contributed by atoms with Gasteiger partial charge in [-0.25, -0.2) is 0 Å². The Hall–Kier alpha value is -0.860. The highest BCUT2D eigenvalue weighted by Crippen LogP contribution is 2.60. The van der Waals surface area contributed by atoms with Crippen LogP contribution < -0.4 is 0 Å². The number of hydrogen-bond acceptors (Lipinski definition) is 2. The van der Waals surface area contributed by atoms with Crippen LogP contribution >= 0.6 is 0 Å². The number of aliphatic carboxylic acids is 1. The van der Waals surface area contributed by atoms with Gasteiger partial charge in [0.05, 0.1) is 5.92 Å². The van der Waals surface area contributed by atoms with Gasteiger partial charge in [0.25, 0.3) is 0 Å². The highest BCUT2D eigenvalue weighted by atomic mass is 16.4. The molecular formula is C10H14O3. The molecule has 0 saturated heterocycles. The highest BCUT2D eigenvalue weighted by molar-refractivity contribution is 5.85. The van der Waals surface area contributed by atoms with Crippen LogP contribution in [0.4, 0.5) is 0 Å². The van der Waals surface area contributed by atoms with Crippen molar-refractivity contribution in [3.8, 4) is 0 Å². The molecular weight excluding hydrogens is 168 g/mol. The third kappa shape index (κ3) is 1.26. The second kappa shape index (κ2) is 2.82. The fourth-order valence-electron chi connectivity index (χ4n) is 2.76. The summed E-state index contributed by atoms with van der Waals surface area (Å²) in [6.45, 7) is 1.88. The molecule has 0 amide bonds. The maximum Gasteiger partial charge on any atom is 0.306 e. The molecule has 0 aromatic carbocycles. The Labute approximate surface area is 77.1 Å². The fourth-order valence-corrected chi connectivity index (χ4v) is 2.76. The minimum absolute atomic E-state index is 0.170. The van der Waals surface area contributed by atoms with Crippen molar-refractivity contribution in [2.45, 2.75) is 26.2 Å². The van der Waals surface area contributed by atoms with Gasteiger partial charge < -0.3 is 5.11 Å². The van der Waals surface area contributed by atoms with Crippen molar-refractivity contribution in [3.05, 3.63) is 0 Å². The molecule has 3 nitrogen and oxygen atoms in total. The fraction of sp³-hybridized carbons (Fsp3) is 0.800. The molecule has 0 heterocycles. The Balaban J connectivity index is 1.90. The summed E-state index contributed by atoms with van der Waals surface area (Å²) in [6.07, 6.45) is 2.07. The quantitative estimate of drug-likeness (QED) is 0.716. The lowest BCUT2D eigenvalue weighted by Gasteiger charge is -2.07. The first-order valence-corrected chi connectivity index (χ1v) is 4.90. The number of carboxylic acid groups (broad SMARTS) is 1. The van der Waals surface area contributed by atoms with Gasteiger partial charge in [-0.3, -0.25) is 9.59 Å². The molecule has 0 aromatic rings. The first kappa shape index (κ1) is 8.73. The van der Waals surface area contributed by atoms with Gasteiger partial charge in [0.2, 0.25) is 0 Å². The van der Waals surface area contributed by atoms with Gasteiger partial charge in [-0.2, -0.15) is 0 Å². The largest absolute Gasteiger partial charge is 0.481 e. The molecule has 2 aliphatic carbocycles. The second-order valence-electron chi connectivity index (χ2n) is 4.18. The first-order valence-electron chi connectivity index (χ1n) is 4.90. The van der Waals surface area contributed by atoms with E-state index in [-0.39, 0.29) is 11.8 Å². The Morgan fingerprint density at radius 1 is 1.31 bits per heavy atom. The van der Waals surface area contributed by atoms with Crippen molar-refractivity contribution in [2.75, 3.05) is 0 Å². The molecule has 1 N–H and O–H groups in total. The molecule has 13 heavy (non-hydrogen) atoms. The van der Waals surface area contributed by atoms with Gasteiger partial charge in [0.15, 0.2) is 0 Å². The van der Waals surface area contributed by atoms with Gasteiger partial charge in [0.1, 0.15) is 5.78 Å². The van der Waals surface area contributed by atoms with Gasteiger partial charge in [0, 0.05) is 12.3 Å². The lowest BCUT2D eigenvalue weighted by atomic mass is 9.98. The zero-order valence-electron chi connectivity index (χ0n) is 7.69. The predicted octanol–water partition coefficient (Wildman–Crippen LogP) is 1.32. The molecule has 0 bridgehead atoms. The lowest BCUT2D eigenvalue weighted by Crippen LogP contribution is -2.15. The molecule has 0 radical (unpaired) electrons. The summed E-state index contributed by atoms with van der Waals surface area (Å²) in [7, 11) is 0. The van der Waals surface area contributed by atoms with E-state index in [4.69, 9.17) is 5.11 Å². The molecule has 2 fully saturated rings. The minimum atomic E-state index is -0.685. The Kier molecular flexibility index (Phi) is 1.90. The topological polar surface area (TPSA) is 54.4 Å². The van der Waals surface area contributed by atoms with E-state index in [1.54, 1.807) is 0 Å². The van der Waals surface area contributed by atoms with E-state index in [1.165, 1.54) is 0 Å². The number of carboxylic acids is 1. The molecule has 72 valence electrons. The van der Waals surface area contributed by atoms with Crippen molar-refractivity contribution >= 4 is 11.8 Å². The number of carbonyl (C=O) groups is 2. The third-order valence-electron chi connectivity index (χ3n) is 3.51. The van der Waals surface area contributed by atoms with E-state index in [9.17, 15) is 9.59 Å². The van der Waals surface area contributed by atoms with Crippen LogP contribution in [0.5, 0.6) is 0 Å². The third-order valence-corrected chi connectivity index (χ3v) is 3.51. The molecule has 2 aliphatic rings. The van der Waals surface area contributed by atoms with Crippen molar-refractivity contribution in [3.63, 3.8) is 0 Å². The van der Waals surface area contributed by atoms with E-state index < -0.39 is 5.97 Å². The maximum atomic E-state index is 11.3. The van der Waals surface area contributed by atoms with Crippen LogP contribution in [0, 0.1) is 23.7 Å². The molecule has 2 saturated carbocycles. The maximum absolute atomic E-state index is 11.3. The molecule has 0 aliphatic heterocycles. The average molecular weight is 182 g/mol. The molecule has 4 atom stereocenters. The zero-order chi connectivity index (χ0) is 9.59. The van der Waals surface area contributed by atoms with Crippen LogP contribution in [0.3, 0.4) is 0 Å². The summed E-state index contributed by atoms with van der Waals surface area (Å²) in [5.41, 5.74) is 0. The number of rotatable bonds is 3. The van der Waals surface area contributed by atoms with Crippen LogP contribution in [-0.4, -0.2) is 16.9 Å². The number of ketones is 1. The highest BCUT2D eigenvalue weighted by Gasteiger charge is 2.59. The Bertz CT molecular complexity index is 247.